The number of ether oxygens (including phenoxy) is 1. The van der Waals surface area contributed by atoms with Gasteiger partial charge in [-0.2, -0.15) is 0 Å². The number of unbranched alkanes of at least 4 members (excludes halogenated alkanes) is 1. The second kappa shape index (κ2) is 11.3. The molecular weight excluding hydrogens is 397 g/mol. The van der Waals surface area contributed by atoms with Gasteiger partial charge in [0.1, 0.15) is 11.9 Å². The molecule has 7 nitrogen and oxygen atoms in total. The van der Waals surface area contributed by atoms with E-state index in [9.17, 15) is 18.8 Å². The summed E-state index contributed by atoms with van der Waals surface area (Å²) in [7, 11) is 0. The molecule has 0 unspecified atom stereocenters. The molecule has 0 aliphatic carbocycles. The van der Waals surface area contributed by atoms with Gasteiger partial charge in [0.2, 0.25) is 11.8 Å². The summed E-state index contributed by atoms with van der Waals surface area (Å²) in [4.78, 5) is 37.9. The van der Waals surface area contributed by atoms with Crippen molar-refractivity contribution in [2.24, 2.45) is 0 Å². The molecule has 1 aromatic carbocycles. The van der Waals surface area contributed by atoms with Crippen LogP contribution in [0.1, 0.15) is 31.7 Å². The Hall–Kier alpha value is -2.81. The number of nitrogens with one attached hydrogen (secondary N) is 2. The van der Waals surface area contributed by atoms with Crippen molar-refractivity contribution in [2.75, 3.05) is 19.7 Å². The van der Waals surface area contributed by atoms with Crippen LogP contribution in [0.3, 0.4) is 0 Å². The highest BCUT2D eigenvalue weighted by atomic mass is 32.1. The van der Waals surface area contributed by atoms with Crippen molar-refractivity contribution in [1.29, 1.82) is 0 Å². The van der Waals surface area contributed by atoms with E-state index in [0.29, 0.717) is 25.3 Å². The van der Waals surface area contributed by atoms with Crippen molar-refractivity contribution >= 4 is 41.2 Å². The number of benzene rings is 1. The maximum absolute atomic E-state index is 12.9. The molecule has 0 aromatic heterocycles. The normalized spacial score (nSPS) is 16.4. The van der Waals surface area contributed by atoms with E-state index in [0.717, 1.165) is 12.8 Å². The topological polar surface area (TPSA) is 87.7 Å². The fourth-order valence-electron chi connectivity index (χ4n) is 2.67. The van der Waals surface area contributed by atoms with E-state index < -0.39 is 17.9 Å². The summed E-state index contributed by atoms with van der Waals surface area (Å²) in [6.07, 6.45) is 4.27. The summed E-state index contributed by atoms with van der Waals surface area (Å²) in [6.45, 7) is 3.00. The molecule has 1 saturated heterocycles. The van der Waals surface area contributed by atoms with Gasteiger partial charge in [0.25, 0.3) is 0 Å². The number of halogens is 1. The molecule has 1 fully saturated rings. The molecule has 1 heterocycles. The second-order valence-corrected chi connectivity index (χ2v) is 6.84. The van der Waals surface area contributed by atoms with E-state index in [-0.39, 0.29) is 23.3 Å². The van der Waals surface area contributed by atoms with Crippen molar-refractivity contribution in [3.8, 4) is 0 Å². The predicted octanol–water partition coefficient (Wildman–Crippen LogP) is 1.77. The second-order valence-electron chi connectivity index (χ2n) is 6.46. The number of hydrogen-bond acceptors (Lipinski definition) is 5. The zero-order chi connectivity index (χ0) is 21.2. The van der Waals surface area contributed by atoms with E-state index in [1.54, 1.807) is 0 Å². The summed E-state index contributed by atoms with van der Waals surface area (Å²) >= 11 is 5.27. The van der Waals surface area contributed by atoms with Gasteiger partial charge in [-0.25, -0.2) is 4.39 Å². The summed E-state index contributed by atoms with van der Waals surface area (Å²) in [5, 5.41) is 5.28. The first-order chi connectivity index (χ1) is 13.9. The Bertz CT molecular complexity index is 782. The number of piperazine rings is 1. The Morgan fingerprint density at radius 2 is 2.10 bits per heavy atom. The standard InChI is InChI=1S/C20H24FN3O4S/c1-2-3-12-28-18(26)13-16-19(27)22-10-11-24(16)20(29)23-17(25)9-6-14-4-7-15(21)8-5-14/h4-9,16H,2-3,10-13H2,1H3,(H,22,27)(H,23,25,29)/b9-6+/t16-/m1/s1. The molecule has 1 aliphatic rings. The minimum Gasteiger partial charge on any atom is -0.466 e. The van der Waals surface area contributed by atoms with Gasteiger partial charge in [-0.1, -0.05) is 25.5 Å². The molecule has 1 atom stereocenters. The van der Waals surface area contributed by atoms with Crippen LogP contribution in [0.25, 0.3) is 6.08 Å². The number of rotatable bonds is 7. The van der Waals surface area contributed by atoms with Gasteiger partial charge >= 0.3 is 5.97 Å². The Morgan fingerprint density at radius 1 is 1.38 bits per heavy atom. The van der Waals surface area contributed by atoms with Crippen LogP contribution in [0, 0.1) is 5.82 Å². The number of hydrogen-bond donors (Lipinski definition) is 2. The third kappa shape index (κ3) is 7.26. The Kier molecular flexibility index (Phi) is 8.72. The molecule has 0 bridgehead atoms. The lowest BCUT2D eigenvalue weighted by atomic mass is 10.1. The van der Waals surface area contributed by atoms with Crippen molar-refractivity contribution in [3.63, 3.8) is 0 Å². The van der Waals surface area contributed by atoms with Crippen LogP contribution >= 0.6 is 12.2 Å². The monoisotopic (exact) mass is 421 g/mol. The van der Waals surface area contributed by atoms with Crippen LogP contribution in [0.15, 0.2) is 30.3 Å². The lowest BCUT2D eigenvalue weighted by molar-refractivity contribution is -0.147. The van der Waals surface area contributed by atoms with Crippen LogP contribution in [0.2, 0.25) is 0 Å². The Balaban J connectivity index is 1.94. The fraction of sp³-hybridized carbons (Fsp3) is 0.400. The Labute approximate surface area is 174 Å². The van der Waals surface area contributed by atoms with Gasteiger partial charge in [-0.05, 0) is 42.4 Å². The number of nitrogens with zero attached hydrogens (tertiary/aromatic N) is 1. The maximum Gasteiger partial charge on any atom is 0.308 e. The first-order valence-corrected chi connectivity index (χ1v) is 9.80. The molecule has 29 heavy (non-hydrogen) atoms. The van der Waals surface area contributed by atoms with E-state index in [1.165, 1.54) is 41.3 Å². The average Bonchev–Trinajstić information content (AvgIpc) is 2.69. The van der Waals surface area contributed by atoms with Crippen molar-refractivity contribution < 1.29 is 23.5 Å². The maximum atomic E-state index is 12.9. The van der Waals surface area contributed by atoms with Crippen LogP contribution in [-0.2, 0) is 19.1 Å². The summed E-state index contributed by atoms with van der Waals surface area (Å²) in [5.74, 6) is -1.69. The van der Waals surface area contributed by atoms with E-state index >= 15 is 0 Å². The van der Waals surface area contributed by atoms with Crippen molar-refractivity contribution in [2.45, 2.75) is 32.2 Å². The van der Waals surface area contributed by atoms with Gasteiger partial charge < -0.3 is 15.0 Å². The van der Waals surface area contributed by atoms with Gasteiger partial charge in [-0.3, -0.25) is 19.7 Å². The van der Waals surface area contributed by atoms with Gasteiger partial charge in [0.05, 0.1) is 13.0 Å². The highest BCUT2D eigenvalue weighted by Crippen LogP contribution is 2.11. The predicted molar refractivity (Wildman–Crippen MR) is 110 cm³/mol. The molecule has 156 valence electrons. The first kappa shape index (κ1) is 22.5. The molecule has 1 aliphatic heterocycles. The highest BCUT2D eigenvalue weighted by Gasteiger charge is 2.34. The van der Waals surface area contributed by atoms with Crippen molar-refractivity contribution in [3.05, 3.63) is 41.7 Å². The molecule has 1 aromatic rings. The molecule has 9 heteroatoms. The van der Waals surface area contributed by atoms with Crippen LogP contribution in [0.5, 0.6) is 0 Å². The smallest absolute Gasteiger partial charge is 0.308 e. The third-order valence-electron chi connectivity index (χ3n) is 4.24. The quantitative estimate of drug-likeness (QED) is 0.302. The van der Waals surface area contributed by atoms with E-state index in [4.69, 9.17) is 17.0 Å². The number of carbonyl (C=O) groups excluding carboxylic acids is 3. The van der Waals surface area contributed by atoms with Crippen LogP contribution in [-0.4, -0.2) is 53.5 Å². The van der Waals surface area contributed by atoms with Gasteiger partial charge in [0.15, 0.2) is 5.11 Å². The van der Waals surface area contributed by atoms with Gasteiger partial charge in [0, 0.05) is 19.2 Å². The molecule has 0 spiro atoms. The lowest BCUT2D eigenvalue weighted by Gasteiger charge is -2.36. The summed E-state index contributed by atoms with van der Waals surface area (Å²) in [6, 6.07) is 4.81. The minimum atomic E-state index is -0.841. The molecular formula is C20H24FN3O4S. The number of thiocarbonyl (C=S) groups is 1. The average molecular weight is 421 g/mol. The molecule has 0 saturated carbocycles. The zero-order valence-corrected chi connectivity index (χ0v) is 17.0. The molecule has 2 rings (SSSR count). The number of esters is 1. The van der Waals surface area contributed by atoms with Gasteiger partial charge in [-0.15, -0.1) is 0 Å². The molecule has 2 N–H and O–H groups in total. The van der Waals surface area contributed by atoms with E-state index in [1.807, 2.05) is 6.92 Å². The largest absolute Gasteiger partial charge is 0.466 e. The molecule has 0 radical (unpaired) electrons. The number of amides is 2. The van der Waals surface area contributed by atoms with Crippen LogP contribution in [0.4, 0.5) is 4.39 Å². The Morgan fingerprint density at radius 3 is 2.79 bits per heavy atom. The van der Waals surface area contributed by atoms with Crippen LogP contribution < -0.4 is 10.6 Å². The number of carbonyl (C=O) groups is 3. The SMILES string of the molecule is CCCCOC(=O)C[C@@H]1C(=O)NCCN1C(=S)NC(=O)/C=C/c1ccc(F)cc1. The fourth-order valence-corrected chi connectivity index (χ4v) is 2.99. The summed E-state index contributed by atoms with van der Waals surface area (Å²) in [5.41, 5.74) is 0.650. The van der Waals surface area contributed by atoms with E-state index in [2.05, 4.69) is 10.6 Å². The zero-order valence-electron chi connectivity index (χ0n) is 16.2. The summed E-state index contributed by atoms with van der Waals surface area (Å²) < 4.78 is 18.0. The first-order valence-electron chi connectivity index (χ1n) is 9.39. The lowest BCUT2D eigenvalue weighted by Crippen LogP contribution is -2.60. The third-order valence-corrected chi connectivity index (χ3v) is 4.58. The molecule has 2 amide bonds. The van der Waals surface area contributed by atoms with Crippen molar-refractivity contribution in [1.82, 2.24) is 15.5 Å². The highest BCUT2D eigenvalue weighted by molar-refractivity contribution is 7.80. The minimum absolute atomic E-state index is 0.0555.